The molecule has 1 rings (SSSR count). The molecule has 2 N–H and O–H groups in total. The Morgan fingerprint density at radius 3 is 2.82 bits per heavy atom. The Hall–Kier alpha value is -0.300. The molecule has 1 aliphatic heterocycles. The molecule has 5 nitrogen and oxygen atoms in total. The summed E-state index contributed by atoms with van der Waals surface area (Å²) < 4.78 is 5.19. The molecule has 1 amide bonds. The minimum atomic E-state index is 0.161. The summed E-state index contributed by atoms with van der Waals surface area (Å²) in [6.45, 7) is 4.26. The van der Waals surface area contributed by atoms with Gasteiger partial charge in [-0.25, -0.2) is 0 Å². The first kappa shape index (κ1) is 14.8. The summed E-state index contributed by atoms with van der Waals surface area (Å²) in [5.74, 6) is 2.13. The molecule has 1 fully saturated rings. The van der Waals surface area contributed by atoms with Gasteiger partial charge in [0, 0.05) is 32.0 Å². The van der Waals surface area contributed by atoms with Gasteiger partial charge in [-0.1, -0.05) is 0 Å². The number of hydrogen-bond acceptors (Lipinski definition) is 5. The van der Waals surface area contributed by atoms with Crippen molar-refractivity contribution >= 4 is 17.7 Å². The Labute approximate surface area is 107 Å². The SMILES string of the molecule is O=C(CNCCSCCCO)N1CCOCC1. The molecule has 0 spiro atoms. The molecule has 0 aromatic heterocycles. The van der Waals surface area contributed by atoms with Gasteiger partial charge in [0.05, 0.1) is 19.8 Å². The molecule has 0 aliphatic carbocycles. The standard InChI is InChI=1S/C11H22N2O3S/c14-5-1-8-17-9-2-12-10-11(15)13-3-6-16-7-4-13/h12,14H,1-10H2. The predicted molar refractivity (Wildman–Crippen MR) is 69.3 cm³/mol. The summed E-state index contributed by atoms with van der Waals surface area (Å²) in [7, 11) is 0. The lowest BCUT2D eigenvalue weighted by Gasteiger charge is -2.26. The molecule has 1 saturated heterocycles. The number of rotatable bonds is 8. The van der Waals surface area contributed by atoms with E-state index < -0.39 is 0 Å². The van der Waals surface area contributed by atoms with E-state index >= 15 is 0 Å². The van der Waals surface area contributed by atoms with Gasteiger partial charge in [-0.2, -0.15) is 11.8 Å². The number of morpholine rings is 1. The number of amides is 1. The van der Waals surface area contributed by atoms with Crippen LogP contribution in [-0.2, 0) is 9.53 Å². The minimum absolute atomic E-state index is 0.161. The van der Waals surface area contributed by atoms with Gasteiger partial charge in [-0.05, 0) is 12.2 Å². The highest BCUT2D eigenvalue weighted by Gasteiger charge is 2.15. The molecular formula is C11H22N2O3S. The number of ether oxygens (including phenoxy) is 1. The third-order valence-corrected chi connectivity index (χ3v) is 3.58. The largest absolute Gasteiger partial charge is 0.396 e. The third-order valence-electron chi connectivity index (χ3n) is 2.51. The average Bonchev–Trinajstić information content (AvgIpc) is 2.38. The molecule has 0 bridgehead atoms. The molecule has 100 valence electrons. The second-order valence-electron chi connectivity index (χ2n) is 3.86. The van der Waals surface area contributed by atoms with Crippen LogP contribution in [-0.4, -0.2) is 73.4 Å². The fourth-order valence-corrected chi connectivity index (χ4v) is 2.36. The smallest absolute Gasteiger partial charge is 0.236 e. The topological polar surface area (TPSA) is 61.8 Å². The predicted octanol–water partition coefficient (Wildman–Crippen LogP) is -0.450. The second-order valence-corrected chi connectivity index (χ2v) is 5.08. The lowest BCUT2D eigenvalue weighted by molar-refractivity contribution is -0.134. The van der Waals surface area contributed by atoms with Crippen molar-refractivity contribution in [3.63, 3.8) is 0 Å². The molecule has 0 unspecified atom stereocenters. The molecule has 0 saturated carbocycles. The van der Waals surface area contributed by atoms with Gasteiger partial charge < -0.3 is 20.1 Å². The summed E-state index contributed by atoms with van der Waals surface area (Å²) in [5, 5.41) is 11.7. The third kappa shape index (κ3) is 6.88. The van der Waals surface area contributed by atoms with Crippen molar-refractivity contribution in [3.8, 4) is 0 Å². The normalized spacial score (nSPS) is 16.2. The van der Waals surface area contributed by atoms with Crippen molar-refractivity contribution in [2.24, 2.45) is 0 Å². The van der Waals surface area contributed by atoms with Crippen molar-refractivity contribution in [2.75, 3.05) is 57.5 Å². The van der Waals surface area contributed by atoms with Crippen LogP contribution in [0.4, 0.5) is 0 Å². The number of nitrogens with zero attached hydrogens (tertiary/aromatic N) is 1. The first-order valence-electron chi connectivity index (χ1n) is 6.09. The lowest BCUT2D eigenvalue weighted by Crippen LogP contribution is -2.44. The molecule has 0 aromatic rings. The quantitative estimate of drug-likeness (QED) is 0.580. The van der Waals surface area contributed by atoms with E-state index in [0.717, 1.165) is 24.5 Å². The lowest BCUT2D eigenvalue weighted by atomic mass is 10.4. The highest BCUT2D eigenvalue weighted by atomic mass is 32.2. The maximum atomic E-state index is 11.7. The van der Waals surface area contributed by atoms with Crippen LogP contribution >= 0.6 is 11.8 Å². The fourth-order valence-electron chi connectivity index (χ4n) is 1.53. The molecule has 1 aliphatic rings. The van der Waals surface area contributed by atoms with Gasteiger partial charge in [0.25, 0.3) is 0 Å². The molecule has 6 heteroatoms. The number of aliphatic hydroxyl groups is 1. The van der Waals surface area contributed by atoms with E-state index in [9.17, 15) is 4.79 Å². The summed E-state index contributed by atoms with van der Waals surface area (Å²) in [6, 6.07) is 0. The summed E-state index contributed by atoms with van der Waals surface area (Å²) in [4.78, 5) is 13.5. The molecule has 1 heterocycles. The van der Waals surface area contributed by atoms with Crippen LogP contribution in [0.5, 0.6) is 0 Å². The molecule has 0 atom stereocenters. The first-order valence-corrected chi connectivity index (χ1v) is 7.25. The van der Waals surface area contributed by atoms with Crippen LogP contribution < -0.4 is 5.32 Å². The zero-order valence-corrected chi connectivity index (χ0v) is 11.0. The number of hydrogen-bond donors (Lipinski definition) is 2. The van der Waals surface area contributed by atoms with Crippen LogP contribution in [0.3, 0.4) is 0 Å². The molecule has 17 heavy (non-hydrogen) atoms. The summed E-state index contributed by atoms with van der Waals surface area (Å²) in [6.07, 6.45) is 0.845. The number of carbonyl (C=O) groups excluding carboxylic acids is 1. The van der Waals surface area contributed by atoms with E-state index in [-0.39, 0.29) is 12.5 Å². The zero-order chi connectivity index (χ0) is 12.3. The monoisotopic (exact) mass is 262 g/mol. The summed E-state index contributed by atoms with van der Waals surface area (Å²) >= 11 is 1.80. The van der Waals surface area contributed by atoms with Gasteiger partial charge in [0.15, 0.2) is 0 Å². The van der Waals surface area contributed by atoms with Crippen molar-refractivity contribution in [1.29, 1.82) is 0 Å². The fraction of sp³-hybridized carbons (Fsp3) is 0.909. The molecule has 0 aromatic carbocycles. The Morgan fingerprint density at radius 2 is 2.12 bits per heavy atom. The van der Waals surface area contributed by atoms with Crippen LogP contribution in [0.2, 0.25) is 0 Å². The van der Waals surface area contributed by atoms with Gasteiger partial charge in [-0.3, -0.25) is 4.79 Å². The van der Waals surface area contributed by atoms with Gasteiger partial charge in [0.2, 0.25) is 5.91 Å². The van der Waals surface area contributed by atoms with E-state index in [0.29, 0.717) is 32.8 Å². The van der Waals surface area contributed by atoms with E-state index in [1.807, 2.05) is 4.90 Å². The Balaban J connectivity index is 1.92. The minimum Gasteiger partial charge on any atom is -0.396 e. The van der Waals surface area contributed by atoms with Crippen molar-refractivity contribution in [1.82, 2.24) is 10.2 Å². The first-order chi connectivity index (χ1) is 8.34. The molecule has 0 radical (unpaired) electrons. The second kappa shape index (κ2) is 9.70. The van der Waals surface area contributed by atoms with E-state index in [1.54, 1.807) is 11.8 Å². The number of carbonyl (C=O) groups is 1. The Bertz CT molecular complexity index is 211. The molecular weight excluding hydrogens is 240 g/mol. The van der Waals surface area contributed by atoms with Crippen LogP contribution in [0, 0.1) is 0 Å². The highest BCUT2D eigenvalue weighted by Crippen LogP contribution is 2.00. The highest BCUT2D eigenvalue weighted by molar-refractivity contribution is 7.99. The van der Waals surface area contributed by atoms with Gasteiger partial charge in [-0.15, -0.1) is 0 Å². The number of aliphatic hydroxyl groups excluding tert-OH is 1. The van der Waals surface area contributed by atoms with Gasteiger partial charge in [0.1, 0.15) is 0 Å². The number of thioether (sulfide) groups is 1. The Kier molecular flexibility index (Phi) is 8.42. The van der Waals surface area contributed by atoms with Crippen LogP contribution in [0.25, 0.3) is 0 Å². The maximum absolute atomic E-state index is 11.7. The van der Waals surface area contributed by atoms with E-state index in [2.05, 4.69) is 5.32 Å². The van der Waals surface area contributed by atoms with Crippen molar-refractivity contribution in [2.45, 2.75) is 6.42 Å². The Morgan fingerprint density at radius 1 is 1.35 bits per heavy atom. The van der Waals surface area contributed by atoms with Crippen molar-refractivity contribution in [3.05, 3.63) is 0 Å². The zero-order valence-electron chi connectivity index (χ0n) is 10.2. The average molecular weight is 262 g/mol. The van der Waals surface area contributed by atoms with Crippen LogP contribution in [0.1, 0.15) is 6.42 Å². The van der Waals surface area contributed by atoms with Crippen LogP contribution in [0.15, 0.2) is 0 Å². The van der Waals surface area contributed by atoms with E-state index in [1.165, 1.54) is 0 Å². The van der Waals surface area contributed by atoms with Gasteiger partial charge >= 0.3 is 0 Å². The summed E-state index contributed by atoms with van der Waals surface area (Å²) in [5.41, 5.74) is 0. The maximum Gasteiger partial charge on any atom is 0.236 e. The number of nitrogens with one attached hydrogen (secondary N) is 1. The van der Waals surface area contributed by atoms with E-state index in [4.69, 9.17) is 9.84 Å². The van der Waals surface area contributed by atoms with Crippen molar-refractivity contribution < 1.29 is 14.6 Å².